The normalized spacial score (nSPS) is 18.8. The molecular weight excluding hydrogens is 344 g/mol. The van der Waals surface area contributed by atoms with Crippen molar-refractivity contribution in [1.82, 2.24) is 9.62 Å². The summed E-state index contributed by atoms with van der Waals surface area (Å²) in [7, 11) is -2.02. The second kappa shape index (κ2) is 7.72. The first-order valence-electron chi connectivity index (χ1n) is 8.55. The number of morpholine rings is 1. The quantitative estimate of drug-likeness (QED) is 0.774. The van der Waals surface area contributed by atoms with Crippen molar-refractivity contribution in [2.24, 2.45) is 0 Å². The van der Waals surface area contributed by atoms with E-state index in [0.717, 1.165) is 18.4 Å². The third kappa shape index (κ3) is 4.50. The third-order valence-corrected chi connectivity index (χ3v) is 6.32. The largest absolute Gasteiger partial charge is 0.496 e. The van der Waals surface area contributed by atoms with Crippen LogP contribution < -0.4 is 10.1 Å². The number of nitrogens with one attached hydrogen (secondary N) is 1. The third-order valence-electron chi connectivity index (χ3n) is 4.42. The Hall–Kier alpha value is -1.64. The second-order valence-corrected chi connectivity index (χ2v) is 8.27. The topological polar surface area (TPSA) is 84.9 Å². The summed E-state index contributed by atoms with van der Waals surface area (Å²) in [6, 6.07) is 5.15. The number of rotatable bonds is 7. The lowest BCUT2D eigenvalue weighted by molar-refractivity contribution is -0.121. The fourth-order valence-corrected chi connectivity index (χ4v) is 4.28. The van der Waals surface area contributed by atoms with Gasteiger partial charge in [0.2, 0.25) is 15.9 Å². The highest BCUT2D eigenvalue weighted by molar-refractivity contribution is 7.89. The van der Waals surface area contributed by atoms with Gasteiger partial charge in [-0.15, -0.1) is 0 Å². The molecule has 0 unspecified atom stereocenters. The summed E-state index contributed by atoms with van der Waals surface area (Å²) >= 11 is 0. The van der Waals surface area contributed by atoms with E-state index >= 15 is 0 Å². The summed E-state index contributed by atoms with van der Waals surface area (Å²) < 4.78 is 37.5. The number of nitrogens with zero attached hydrogens (tertiary/aromatic N) is 1. The predicted molar refractivity (Wildman–Crippen MR) is 92.1 cm³/mol. The molecule has 0 bridgehead atoms. The van der Waals surface area contributed by atoms with E-state index in [1.165, 1.54) is 4.31 Å². The molecule has 3 rings (SSSR count). The number of hydrogen-bond acceptors (Lipinski definition) is 5. The maximum absolute atomic E-state index is 12.8. The molecule has 8 heteroatoms. The zero-order chi connectivity index (χ0) is 17.9. The van der Waals surface area contributed by atoms with Gasteiger partial charge in [0.15, 0.2) is 0 Å². The number of aryl methyl sites for hydroxylation is 1. The van der Waals surface area contributed by atoms with Crippen LogP contribution in [0.4, 0.5) is 0 Å². The first-order chi connectivity index (χ1) is 12.0. The number of sulfonamides is 1. The lowest BCUT2D eigenvalue weighted by Crippen LogP contribution is -2.40. The molecule has 0 atom stereocenters. The smallest absolute Gasteiger partial charge is 0.243 e. The van der Waals surface area contributed by atoms with E-state index in [0.29, 0.717) is 50.9 Å². The molecule has 1 aliphatic carbocycles. The zero-order valence-corrected chi connectivity index (χ0v) is 15.2. The molecule has 1 saturated heterocycles. The van der Waals surface area contributed by atoms with Crippen LogP contribution in [0.3, 0.4) is 0 Å². The number of methoxy groups -OCH3 is 1. The lowest BCUT2D eigenvalue weighted by Gasteiger charge is -2.26. The van der Waals surface area contributed by atoms with Crippen LogP contribution in [-0.2, 0) is 26.0 Å². The van der Waals surface area contributed by atoms with Crippen LogP contribution in [-0.4, -0.2) is 58.1 Å². The molecule has 0 radical (unpaired) electrons. The summed E-state index contributed by atoms with van der Waals surface area (Å²) in [6.45, 7) is 1.52. The van der Waals surface area contributed by atoms with Crippen LogP contribution in [0, 0.1) is 0 Å². The number of carbonyl (C=O) groups is 1. The van der Waals surface area contributed by atoms with Gasteiger partial charge >= 0.3 is 0 Å². The minimum Gasteiger partial charge on any atom is -0.496 e. The highest BCUT2D eigenvalue weighted by Crippen LogP contribution is 2.26. The average Bonchev–Trinajstić information content (AvgIpc) is 3.44. The Kier molecular flexibility index (Phi) is 5.61. The number of carbonyl (C=O) groups excluding carboxylic acids is 1. The highest BCUT2D eigenvalue weighted by Gasteiger charge is 2.27. The van der Waals surface area contributed by atoms with E-state index < -0.39 is 10.0 Å². The van der Waals surface area contributed by atoms with Crippen LogP contribution in [0.5, 0.6) is 5.75 Å². The predicted octanol–water partition coefficient (Wildman–Crippen LogP) is 0.927. The fraction of sp³-hybridized carbons (Fsp3) is 0.588. The maximum Gasteiger partial charge on any atom is 0.243 e. The minimum absolute atomic E-state index is 0.00834. The maximum atomic E-state index is 12.8. The van der Waals surface area contributed by atoms with Crippen LogP contribution in [0.15, 0.2) is 23.1 Å². The average molecular weight is 368 g/mol. The first-order valence-corrected chi connectivity index (χ1v) is 9.99. The van der Waals surface area contributed by atoms with Crippen molar-refractivity contribution in [1.29, 1.82) is 0 Å². The molecule has 1 amide bonds. The van der Waals surface area contributed by atoms with E-state index in [9.17, 15) is 13.2 Å². The molecule has 1 heterocycles. The number of hydrogen-bond donors (Lipinski definition) is 1. The Balaban J connectivity index is 1.75. The Bertz CT molecular complexity index is 725. The standard InChI is InChI=1S/C17H24N2O5S/c1-23-16-6-5-15(25(21,22)19-8-10-24-11-9-19)12-13(16)2-7-17(20)18-14-3-4-14/h5-6,12,14H,2-4,7-11H2,1H3,(H,18,20). The number of ether oxygens (including phenoxy) is 2. The van der Waals surface area contributed by atoms with Gasteiger partial charge in [0, 0.05) is 25.6 Å². The summed E-state index contributed by atoms with van der Waals surface area (Å²) in [5.74, 6) is 0.589. The van der Waals surface area contributed by atoms with Crippen molar-refractivity contribution < 1.29 is 22.7 Å². The minimum atomic E-state index is -3.56. The van der Waals surface area contributed by atoms with Gasteiger partial charge in [-0.05, 0) is 43.0 Å². The SMILES string of the molecule is COc1ccc(S(=O)(=O)N2CCOCC2)cc1CCC(=O)NC1CC1. The van der Waals surface area contributed by atoms with Gasteiger partial charge in [-0.2, -0.15) is 4.31 Å². The van der Waals surface area contributed by atoms with Gasteiger partial charge in [0.1, 0.15) is 5.75 Å². The molecule has 1 saturated carbocycles. The van der Waals surface area contributed by atoms with E-state index in [-0.39, 0.29) is 10.8 Å². The fourth-order valence-electron chi connectivity index (χ4n) is 2.82. The van der Waals surface area contributed by atoms with Crippen LogP contribution in [0.1, 0.15) is 24.8 Å². The number of benzene rings is 1. The van der Waals surface area contributed by atoms with Gasteiger partial charge < -0.3 is 14.8 Å². The van der Waals surface area contributed by atoms with Gasteiger partial charge in [-0.1, -0.05) is 0 Å². The Morgan fingerprint density at radius 2 is 2.04 bits per heavy atom. The van der Waals surface area contributed by atoms with Crippen LogP contribution >= 0.6 is 0 Å². The first kappa shape index (κ1) is 18.2. The van der Waals surface area contributed by atoms with E-state index in [1.807, 2.05) is 0 Å². The number of amides is 1. The van der Waals surface area contributed by atoms with Crippen molar-refractivity contribution in [2.45, 2.75) is 36.6 Å². The highest BCUT2D eigenvalue weighted by atomic mass is 32.2. The molecule has 1 aromatic carbocycles. The van der Waals surface area contributed by atoms with E-state index in [4.69, 9.17) is 9.47 Å². The Morgan fingerprint density at radius 3 is 2.68 bits per heavy atom. The van der Waals surface area contributed by atoms with Crippen LogP contribution in [0.25, 0.3) is 0 Å². The van der Waals surface area contributed by atoms with Crippen LogP contribution in [0.2, 0.25) is 0 Å². The van der Waals surface area contributed by atoms with Crippen molar-refractivity contribution in [2.75, 3.05) is 33.4 Å². The molecule has 138 valence electrons. The van der Waals surface area contributed by atoms with Gasteiger partial charge in [-0.25, -0.2) is 8.42 Å². The molecule has 0 aromatic heterocycles. The molecule has 7 nitrogen and oxygen atoms in total. The molecule has 0 spiro atoms. The summed E-state index contributed by atoms with van der Waals surface area (Å²) in [5, 5.41) is 2.94. The van der Waals surface area contributed by atoms with Crippen molar-refractivity contribution in [3.05, 3.63) is 23.8 Å². The Morgan fingerprint density at radius 1 is 1.32 bits per heavy atom. The summed E-state index contributed by atoms with van der Waals surface area (Å²) in [6.07, 6.45) is 2.84. The zero-order valence-electron chi connectivity index (χ0n) is 14.4. The Labute approximate surface area is 148 Å². The van der Waals surface area contributed by atoms with Gasteiger partial charge in [-0.3, -0.25) is 4.79 Å². The van der Waals surface area contributed by atoms with E-state index in [2.05, 4.69) is 5.32 Å². The van der Waals surface area contributed by atoms with Crippen molar-refractivity contribution in [3.8, 4) is 5.75 Å². The molecular formula is C17H24N2O5S. The molecule has 1 aromatic rings. The molecule has 2 fully saturated rings. The summed E-state index contributed by atoms with van der Waals surface area (Å²) in [4.78, 5) is 12.1. The van der Waals surface area contributed by atoms with Gasteiger partial charge in [0.05, 0.1) is 25.2 Å². The summed E-state index contributed by atoms with van der Waals surface area (Å²) in [5.41, 5.74) is 0.725. The molecule has 1 N–H and O–H groups in total. The van der Waals surface area contributed by atoms with Crippen molar-refractivity contribution in [3.63, 3.8) is 0 Å². The van der Waals surface area contributed by atoms with Gasteiger partial charge in [0.25, 0.3) is 0 Å². The lowest BCUT2D eigenvalue weighted by atomic mass is 10.1. The molecule has 2 aliphatic rings. The monoisotopic (exact) mass is 368 g/mol. The molecule has 25 heavy (non-hydrogen) atoms. The molecule has 1 aliphatic heterocycles. The second-order valence-electron chi connectivity index (χ2n) is 6.33. The van der Waals surface area contributed by atoms with Crippen molar-refractivity contribution >= 4 is 15.9 Å². The van der Waals surface area contributed by atoms with E-state index in [1.54, 1.807) is 25.3 Å².